The predicted molar refractivity (Wildman–Crippen MR) is 161 cm³/mol. The second-order valence-corrected chi connectivity index (χ2v) is 10.6. The highest BCUT2D eigenvalue weighted by atomic mass is 19.1. The molecule has 6 aromatic rings. The third kappa shape index (κ3) is 5.74. The van der Waals surface area contributed by atoms with Crippen LogP contribution in [0.3, 0.4) is 0 Å². The maximum absolute atomic E-state index is 13.6. The molecular formula is C33H31FN6O2. The van der Waals surface area contributed by atoms with E-state index in [1.807, 2.05) is 41.2 Å². The number of benzene rings is 3. The van der Waals surface area contributed by atoms with E-state index in [1.165, 1.54) is 12.1 Å². The maximum Gasteiger partial charge on any atom is 0.157 e. The lowest BCUT2D eigenvalue weighted by Gasteiger charge is -2.22. The summed E-state index contributed by atoms with van der Waals surface area (Å²) in [6.45, 7) is 2.67. The normalized spacial score (nSPS) is 15.4. The lowest BCUT2D eigenvalue weighted by Crippen LogP contribution is -2.23. The molecule has 4 heterocycles. The van der Waals surface area contributed by atoms with Gasteiger partial charge in [-0.15, -0.1) is 0 Å². The second kappa shape index (κ2) is 11.7. The van der Waals surface area contributed by atoms with E-state index in [9.17, 15) is 4.39 Å². The van der Waals surface area contributed by atoms with Crippen molar-refractivity contribution >= 4 is 33.3 Å². The van der Waals surface area contributed by atoms with Crippen LogP contribution in [0, 0.1) is 5.82 Å². The summed E-state index contributed by atoms with van der Waals surface area (Å²) in [5.74, 6) is 0.483. The molecule has 1 N–H and O–H groups in total. The van der Waals surface area contributed by atoms with E-state index >= 15 is 0 Å². The molecule has 42 heavy (non-hydrogen) atoms. The van der Waals surface area contributed by atoms with E-state index in [-0.39, 0.29) is 12.1 Å². The average molecular weight is 563 g/mol. The molecule has 1 unspecified atom stereocenters. The van der Waals surface area contributed by atoms with Crippen molar-refractivity contribution in [3.63, 3.8) is 0 Å². The predicted octanol–water partition coefficient (Wildman–Crippen LogP) is 6.92. The molecule has 0 saturated carbocycles. The number of hydrogen-bond donors (Lipinski definition) is 1. The summed E-state index contributed by atoms with van der Waals surface area (Å²) in [5, 5.41) is 9.92. The third-order valence-corrected chi connectivity index (χ3v) is 7.64. The molecule has 0 amide bonds. The SMILES string of the molecule is Fc1cccc(Cn2ncc3cc(Nc4ncnc5ccc(-c6ccn(CCOC7CCCCO7)c6)cc45)ccc32)c1. The van der Waals surface area contributed by atoms with Crippen LogP contribution in [0.5, 0.6) is 0 Å². The Morgan fingerprint density at radius 1 is 1.00 bits per heavy atom. The van der Waals surface area contributed by atoms with E-state index in [0.717, 1.165) is 82.4 Å². The minimum Gasteiger partial charge on any atom is -0.353 e. The van der Waals surface area contributed by atoms with E-state index < -0.39 is 0 Å². The van der Waals surface area contributed by atoms with Crippen molar-refractivity contribution in [2.45, 2.75) is 38.6 Å². The first-order chi connectivity index (χ1) is 20.7. The molecule has 8 nitrogen and oxygen atoms in total. The summed E-state index contributed by atoms with van der Waals surface area (Å²) in [6.07, 6.45) is 10.8. The Balaban J connectivity index is 1.08. The number of fused-ring (bicyclic) bond motifs is 2. The van der Waals surface area contributed by atoms with Gasteiger partial charge < -0.3 is 19.4 Å². The van der Waals surface area contributed by atoms with Crippen molar-refractivity contribution in [2.24, 2.45) is 0 Å². The van der Waals surface area contributed by atoms with Gasteiger partial charge in [0.2, 0.25) is 0 Å². The third-order valence-electron chi connectivity index (χ3n) is 7.64. The summed E-state index contributed by atoms with van der Waals surface area (Å²) in [6, 6.07) is 21.0. The fraction of sp³-hybridized carbons (Fsp3) is 0.242. The summed E-state index contributed by atoms with van der Waals surface area (Å²) in [7, 11) is 0. The van der Waals surface area contributed by atoms with E-state index in [0.29, 0.717) is 13.2 Å². The van der Waals surface area contributed by atoms with Crippen LogP contribution in [0.2, 0.25) is 0 Å². The minimum absolute atomic E-state index is 0.0719. The average Bonchev–Trinajstić information content (AvgIpc) is 3.65. The zero-order valence-electron chi connectivity index (χ0n) is 23.1. The summed E-state index contributed by atoms with van der Waals surface area (Å²) < 4.78 is 29.2. The molecule has 0 bridgehead atoms. The van der Waals surface area contributed by atoms with Crippen LogP contribution in [0.15, 0.2) is 91.6 Å². The summed E-state index contributed by atoms with van der Waals surface area (Å²) in [5.41, 5.74) is 5.80. The van der Waals surface area contributed by atoms with E-state index in [1.54, 1.807) is 12.4 Å². The van der Waals surface area contributed by atoms with Crippen LogP contribution >= 0.6 is 0 Å². The number of aromatic nitrogens is 5. The molecule has 212 valence electrons. The van der Waals surface area contributed by atoms with Gasteiger partial charge in [-0.2, -0.15) is 5.10 Å². The largest absolute Gasteiger partial charge is 0.353 e. The zero-order valence-corrected chi connectivity index (χ0v) is 23.1. The fourth-order valence-corrected chi connectivity index (χ4v) is 5.45. The Labute approximate surface area is 242 Å². The van der Waals surface area contributed by atoms with Crippen molar-refractivity contribution in [3.8, 4) is 11.1 Å². The smallest absolute Gasteiger partial charge is 0.157 e. The lowest BCUT2D eigenvalue weighted by molar-refractivity contribution is -0.163. The number of hydrogen-bond acceptors (Lipinski definition) is 6. The Bertz CT molecular complexity index is 1840. The number of anilines is 2. The van der Waals surface area contributed by atoms with Gasteiger partial charge in [0.1, 0.15) is 18.0 Å². The first-order valence-corrected chi connectivity index (χ1v) is 14.3. The second-order valence-electron chi connectivity index (χ2n) is 10.6. The number of rotatable bonds is 9. The van der Waals surface area contributed by atoms with Gasteiger partial charge in [0.05, 0.1) is 30.4 Å². The zero-order chi connectivity index (χ0) is 28.3. The van der Waals surface area contributed by atoms with Crippen LogP contribution in [-0.2, 0) is 22.6 Å². The van der Waals surface area contributed by atoms with Gasteiger partial charge in [-0.25, -0.2) is 14.4 Å². The van der Waals surface area contributed by atoms with Gasteiger partial charge in [0.15, 0.2) is 6.29 Å². The molecule has 1 fully saturated rings. The highest BCUT2D eigenvalue weighted by molar-refractivity contribution is 5.94. The monoisotopic (exact) mass is 562 g/mol. The van der Waals surface area contributed by atoms with Gasteiger partial charge >= 0.3 is 0 Å². The Hall–Kier alpha value is -4.60. The molecule has 1 atom stereocenters. The van der Waals surface area contributed by atoms with Crippen molar-refractivity contribution < 1.29 is 13.9 Å². The molecule has 1 saturated heterocycles. The fourth-order valence-electron chi connectivity index (χ4n) is 5.45. The van der Waals surface area contributed by atoms with Crippen LogP contribution in [0.25, 0.3) is 32.9 Å². The van der Waals surface area contributed by atoms with Gasteiger partial charge in [0, 0.05) is 42.0 Å². The topological polar surface area (TPSA) is 79.0 Å². The Kier molecular flexibility index (Phi) is 7.34. The molecule has 0 aliphatic carbocycles. The highest BCUT2D eigenvalue weighted by Gasteiger charge is 2.14. The van der Waals surface area contributed by atoms with Crippen LogP contribution in [0.1, 0.15) is 24.8 Å². The molecule has 7 rings (SSSR count). The first-order valence-electron chi connectivity index (χ1n) is 14.3. The first kappa shape index (κ1) is 26.3. The van der Waals surface area contributed by atoms with Gasteiger partial charge in [-0.3, -0.25) is 4.68 Å². The number of halogens is 1. The molecular weight excluding hydrogens is 531 g/mol. The molecule has 9 heteroatoms. The summed E-state index contributed by atoms with van der Waals surface area (Å²) in [4.78, 5) is 9.05. The Morgan fingerprint density at radius 2 is 1.98 bits per heavy atom. The van der Waals surface area contributed by atoms with E-state index in [4.69, 9.17) is 9.47 Å². The number of nitrogens with one attached hydrogen (secondary N) is 1. The van der Waals surface area contributed by atoms with E-state index in [2.05, 4.69) is 55.5 Å². The quantitative estimate of drug-likeness (QED) is 0.206. The van der Waals surface area contributed by atoms with Gasteiger partial charge in [0.25, 0.3) is 0 Å². The lowest BCUT2D eigenvalue weighted by atomic mass is 10.1. The molecule has 1 aliphatic rings. The highest BCUT2D eigenvalue weighted by Crippen LogP contribution is 2.30. The molecule has 3 aromatic carbocycles. The summed E-state index contributed by atoms with van der Waals surface area (Å²) >= 11 is 0. The van der Waals surface area contributed by atoms with Crippen molar-refractivity contribution in [2.75, 3.05) is 18.5 Å². The molecule has 3 aromatic heterocycles. The van der Waals surface area contributed by atoms with Crippen LogP contribution in [-0.4, -0.2) is 43.8 Å². The maximum atomic E-state index is 13.6. The van der Waals surface area contributed by atoms with Crippen molar-refractivity contribution in [1.29, 1.82) is 0 Å². The van der Waals surface area contributed by atoms with Gasteiger partial charge in [-0.1, -0.05) is 18.2 Å². The molecule has 0 radical (unpaired) electrons. The number of nitrogens with zero attached hydrogens (tertiary/aromatic N) is 5. The minimum atomic E-state index is -0.247. The standard InChI is InChI=1S/C33H31FN6O2/c34-27-5-3-4-23(16-27)20-40-31-10-8-28(17-26(31)19-37-40)38-33-29-18-24(7-9-30(29)35-22-36-33)25-11-12-39(21-25)13-15-42-32-6-1-2-14-41-32/h3-5,7-12,16-19,21-22,32H,1-2,6,13-15,20H2,(H,35,36,38). The number of ether oxygens (including phenoxy) is 2. The molecule has 0 spiro atoms. The Morgan fingerprint density at radius 3 is 2.88 bits per heavy atom. The molecule has 1 aliphatic heterocycles. The van der Waals surface area contributed by atoms with Crippen LogP contribution in [0.4, 0.5) is 15.9 Å². The van der Waals surface area contributed by atoms with Gasteiger partial charge in [-0.05, 0) is 84.5 Å². The van der Waals surface area contributed by atoms with Crippen molar-refractivity contribution in [1.82, 2.24) is 24.3 Å². The van der Waals surface area contributed by atoms with Crippen molar-refractivity contribution in [3.05, 3.63) is 103 Å². The van der Waals surface area contributed by atoms with Crippen LogP contribution < -0.4 is 5.32 Å².